The van der Waals surface area contributed by atoms with Gasteiger partial charge in [-0.1, -0.05) is 36.4 Å². The summed E-state index contributed by atoms with van der Waals surface area (Å²) in [6, 6.07) is 23.1. The van der Waals surface area contributed by atoms with Gasteiger partial charge in [-0.2, -0.15) is 5.26 Å². The van der Waals surface area contributed by atoms with E-state index < -0.39 is 0 Å². The number of hydrogen-bond acceptors (Lipinski definition) is 4. The van der Waals surface area contributed by atoms with Gasteiger partial charge in [0.25, 0.3) is 5.56 Å². The summed E-state index contributed by atoms with van der Waals surface area (Å²) in [7, 11) is 0. The Morgan fingerprint density at radius 2 is 1.68 bits per heavy atom. The van der Waals surface area contributed by atoms with Crippen molar-refractivity contribution in [2.75, 3.05) is 0 Å². The molecule has 0 spiro atoms. The van der Waals surface area contributed by atoms with Crippen LogP contribution in [0.4, 0.5) is 0 Å². The van der Waals surface area contributed by atoms with Gasteiger partial charge in [0.1, 0.15) is 11.4 Å². The standard InChI is InChI=1S/C23H15N3O2/c24-14-16-7-4-5-10-19(16)20-13-17(22-21(27)11-6-12-25-22)15-26(23(20)28)18-8-2-1-3-9-18/h1-13,15,27H. The first-order chi connectivity index (χ1) is 13.7. The minimum absolute atomic E-state index is 0.0141. The van der Waals surface area contributed by atoms with E-state index in [1.807, 2.05) is 30.3 Å². The van der Waals surface area contributed by atoms with Crippen LogP contribution in [0.3, 0.4) is 0 Å². The molecule has 0 atom stereocenters. The molecule has 0 saturated heterocycles. The summed E-state index contributed by atoms with van der Waals surface area (Å²) >= 11 is 0. The molecule has 4 rings (SSSR count). The largest absolute Gasteiger partial charge is 0.506 e. The van der Waals surface area contributed by atoms with Crippen molar-refractivity contribution in [2.45, 2.75) is 0 Å². The Kier molecular flexibility index (Phi) is 4.45. The number of pyridine rings is 2. The van der Waals surface area contributed by atoms with Crippen LogP contribution >= 0.6 is 0 Å². The minimum atomic E-state index is -0.256. The van der Waals surface area contributed by atoms with E-state index >= 15 is 0 Å². The van der Waals surface area contributed by atoms with Gasteiger partial charge in [-0.05, 0) is 36.4 Å². The second-order valence-electron chi connectivity index (χ2n) is 6.18. The molecule has 0 aliphatic heterocycles. The quantitative estimate of drug-likeness (QED) is 0.592. The third kappa shape index (κ3) is 3.04. The summed E-state index contributed by atoms with van der Waals surface area (Å²) in [6.07, 6.45) is 3.23. The van der Waals surface area contributed by atoms with Gasteiger partial charge in [0, 0.05) is 34.8 Å². The third-order valence-electron chi connectivity index (χ3n) is 4.45. The van der Waals surface area contributed by atoms with Crippen LogP contribution in [0.15, 0.2) is 90.0 Å². The molecule has 0 unspecified atom stereocenters. The van der Waals surface area contributed by atoms with Crippen LogP contribution < -0.4 is 5.56 Å². The molecule has 2 aromatic heterocycles. The Hall–Kier alpha value is -4.17. The van der Waals surface area contributed by atoms with Crippen LogP contribution in [-0.2, 0) is 0 Å². The Labute approximate surface area is 161 Å². The second kappa shape index (κ2) is 7.22. The number of benzene rings is 2. The first-order valence-electron chi connectivity index (χ1n) is 8.65. The van der Waals surface area contributed by atoms with Gasteiger partial charge in [0.05, 0.1) is 11.6 Å². The van der Waals surface area contributed by atoms with Crippen molar-refractivity contribution < 1.29 is 5.11 Å². The highest BCUT2D eigenvalue weighted by atomic mass is 16.3. The minimum Gasteiger partial charge on any atom is -0.506 e. The van der Waals surface area contributed by atoms with Crippen LogP contribution in [0, 0.1) is 11.3 Å². The Bertz CT molecular complexity index is 1250. The van der Waals surface area contributed by atoms with Gasteiger partial charge in [-0.25, -0.2) is 0 Å². The Balaban J connectivity index is 2.07. The maximum absolute atomic E-state index is 13.3. The van der Waals surface area contributed by atoms with E-state index in [-0.39, 0.29) is 11.3 Å². The number of aromatic nitrogens is 2. The van der Waals surface area contributed by atoms with Gasteiger partial charge in [-0.15, -0.1) is 0 Å². The maximum Gasteiger partial charge on any atom is 0.263 e. The van der Waals surface area contributed by atoms with Crippen molar-refractivity contribution >= 4 is 0 Å². The molecule has 134 valence electrons. The molecule has 5 nitrogen and oxygen atoms in total. The van der Waals surface area contributed by atoms with E-state index in [2.05, 4.69) is 11.1 Å². The lowest BCUT2D eigenvalue weighted by Crippen LogP contribution is -2.20. The van der Waals surface area contributed by atoms with Crippen molar-refractivity contribution in [3.05, 3.63) is 101 Å². The highest BCUT2D eigenvalue weighted by molar-refractivity contribution is 5.76. The molecule has 2 aromatic carbocycles. The van der Waals surface area contributed by atoms with E-state index in [0.717, 1.165) is 0 Å². The smallest absolute Gasteiger partial charge is 0.263 e. The van der Waals surface area contributed by atoms with Crippen LogP contribution in [0.5, 0.6) is 5.75 Å². The zero-order valence-corrected chi connectivity index (χ0v) is 14.8. The molecule has 0 saturated carbocycles. The van der Waals surface area contributed by atoms with Gasteiger partial charge >= 0.3 is 0 Å². The van der Waals surface area contributed by atoms with E-state index in [0.29, 0.717) is 33.6 Å². The van der Waals surface area contributed by atoms with Crippen molar-refractivity contribution in [1.82, 2.24) is 9.55 Å². The molecule has 4 aromatic rings. The molecular weight excluding hydrogens is 350 g/mol. The molecular formula is C23H15N3O2. The summed E-state index contributed by atoms with van der Waals surface area (Å²) < 4.78 is 1.51. The third-order valence-corrected chi connectivity index (χ3v) is 4.45. The highest BCUT2D eigenvalue weighted by Gasteiger charge is 2.16. The van der Waals surface area contributed by atoms with Crippen molar-refractivity contribution in [1.29, 1.82) is 5.26 Å². The predicted octanol–water partition coefficient (Wildman–Crippen LogP) is 4.14. The topological polar surface area (TPSA) is 78.9 Å². The Morgan fingerprint density at radius 3 is 2.43 bits per heavy atom. The number of nitriles is 1. The van der Waals surface area contributed by atoms with Crippen LogP contribution in [0.2, 0.25) is 0 Å². The van der Waals surface area contributed by atoms with E-state index in [1.54, 1.807) is 54.9 Å². The van der Waals surface area contributed by atoms with Gasteiger partial charge in [0.2, 0.25) is 0 Å². The molecule has 0 bridgehead atoms. The number of rotatable bonds is 3. The van der Waals surface area contributed by atoms with Crippen molar-refractivity contribution in [3.63, 3.8) is 0 Å². The van der Waals surface area contributed by atoms with Crippen LogP contribution in [-0.4, -0.2) is 14.7 Å². The van der Waals surface area contributed by atoms with Gasteiger partial charge in [0.15, 0.2) is 0 Å². The first-order valence-corrected chi connectivity index (χ1v) is 8.65. The fourth-order valence-electron chi connectivity index (χ4n) is 3.12. The summed E-state index contributed by atoms with van der Waals surface area (Å²) in [5.74, 6) is 0.0141. The SMILES string of the molecule is N#Cc1ccccc1-c1cc(-c2ncccc2O)cn(-c2ccccc2)c1=O. The summed E-state index contributed by atoms with van der Waals surface area (Å²) in [5.41, 5.74) is 2.67. The molecule has 2 heterocycles. The molecule has 5 heteroatoms. The maximum atomic E-state index is 13.3. The molecule has 0 radical (unpaired) electrons. The molecule has 0 aliphatic rings. The number of nitrogens with zero attached hydrogens (tertiary/aromatic N) is 3. The fourth-order valence-corrected chi connectivity index (χ4v) is 3.12. The van der Waals surface area contributed by atoms with Crippen LogP contribution in [0.1, 0.15) is 5.56 Å². The van der Waals surface area contributed by atoms with E-state index in [1.165, 1.54) is 4.57 Å². The normalized spacial score (nSPS) is 10.4. The second-order valence-corrected chi connectivity index (χ2v) is 6.18. The lowest BCUT2D eigenvalue weighted by atomic mass is 9.99. The number of hydrogen-bond donors (Lipinski definition) is 1. The van der Waals surface area contributed by atoms with Crippen molar-refractivity contribution in [3.8, 4) is 39.9 Å². The molecule has 0 amide bonds. The monoisotopic (exact) mass is 365 g/mol. The summed E-state index contributed by atoms with van der Waals surface area (Å²) in [4.78, 5) is 17.5. The van der Waals surface area contributed by atoms with E-state index in [4.69, 9.17) is 0 Å². The Morgan fingerprint density at radius 1 is 0.929 bits per heavy atom. The average molecular weight is 365 g/mol. The highest BCUT2D eigenvalue weighted by Crippen LogP contribution is 2.30. The number of aromatic hydroxyl groups is 1. The lowest BCUT2D eigenvalue weighted by molar-refractivity contribution is 0.475. The summed E-state index contributed by atoms with van der Waals surface area (Å²) in [5, 5.41) is 19.7. The molecule has 0 fully saturated rings. The molecule has 1 N–H and O–H groups in total. The van der Waals surface area contributed by atoms with E-state index in [9.17, 15) is 15.2 Å². The molecule has 0 aliphatic carbocycles. The van der Waals surface area contributed by atoms with Gasteiger partial charge in [-0.3, -0.25) is 14.3 Å². The van der Waals surface area contributed by atoms with Crippen molar-refractivity contribution in [2.24, 2.45) is 0 Å². The van der Waals surface area contributed by atoms with Crippen LogP contribution in [0.25, 0.3) is 28.1 Å². The zero-order chi connectivity index (χ0) is 19.5. The van der Waals surface area contributed by atoms with Gasteiger partial charge < -0.3 is 5.11 Å². The lowest BCUT2D eigenvalue weighted by Gasteiger charge is -2.13. The average Bonchev–Trinajstić information content (AvgIpc) is 2.75. The molecule has 28 heavy (non-hydrogen) atoms. The first kappa shape index (κ1) is 17.3. The fraction of sp³-hybridized carbons (Fsp3) is 0. The zero-order valence-electron chi connectivity index (χ0n) is 14.8. The number of para-hydroxylation sites is 1. The predicted molar refractivity (Wildman–Crippen MR) is 107 cm³/mol. The summed E-state index contributed by atoms with van der Waals surface area (Å²) in [6.45, 7) is 0.